The van der Waals surface area contributed by atoms with Gasteiger partial charge in [0.2, 0.25) is 5.88 Å². The highest BCUT2D eigenvalue weighted by atomic mass is 127. The number of hydrogen-bond acceptors (Lipinski definition) is 5. The number of ether oxygens (including phenoxy) is 3. The number of nitrogens with one attached hydrogen (secondary N) is 1. The third-order valence-electron chi connectivity index (χ3n) is 3.39. The van der Waals surface area contributed by atoms with Gasteiger partial charge in [0, 0.05) is 25.4 Å². The SMILES string of the molecule is COCC(C)NC(N)=NCc1ccc(OCCOc2ccccc2)nc1.I. The summed E-state index contributed by atoms with van der Waals surface area (Å²) >= 11 is 0. The molecule has 0 fully saturated rings. The number of halogens is 1. The van der Waals surface area contributed by atoms with Crippen molar-refractivity contribution in [3.05, 3.63) is 54.2 Å². The molecule has 1 atom stereocenters. The number of aromatic nitrogens is 1. The van der Waals surface area contributed by atoms with Crippen molar-refractivity contribution >= 4 is 29.9 Å². The van der Waals surface area contributed by atoms with Gasteiger partial charge in [0.1, 0.15) is 19.0 Å². The zero-order valence-electron chi connectivity index (χ0n) is 15.6. The first-order valence-electron chi connectivity index (χ1n) is 8.48. The highest BCUT2D eigenvalue weighted by molar-refractivity contribution is 14.0. The number of pyridine rings is 1. The predicted octanol–water partition coefficient (Wildman–Crippen LogP) is 2.60. The lowest BCUT2D eigenvalue weighted by atomic mass is 10.3. The molecule has 1 heterocycles. The summed E-state index contributed by atoms with van der Waals surface area (Å²) in [5.74, 6) is 1.76. The zero-order chi connectivity index (χ0) is 18.6. The fourth-order valence-corrected chi connectivity index (χ4v) is 2.18. The molecule has 0 radical (unpaired) electrons. The maximum absolute atomic E-state index is 5.84. The van der Waals surface area contributed by atoms with Crippen molar-refractivity contribution in [1.29, 1.82) is 0 Å². The molecule has 0 saturated heterocycles. The Bertz CT molecular complexity index is 668. The molecule has 1 unspecified atom stereocenters. The molecule has 8 heteroatoms. The first-order chi connectivity index (χ1) is 12.7. The van der Waals surface area contributed by atoms with Gasteiger partial charge in [-0.25, -0.2) is 9.98 Å². The molecular formula is C19H27IN4O3. The average Bonchev–Trinajstić information content (AvgIpc) is 2.65. The fraction of sp³-hybridized carbons (Fsp3) is 0.368. The van der Waals surface area contributed by atoms with Gasteiger partial charge >= 0.3 is 0 Å². The maximum Gasteiger partial charge on any atom is 0.213 e. The molecule has 148 valence electrons. The van der Waals surface area contributed by atoms with Crippen LogP contribution in [-0.4, -0.2) is 43.9 Å². The van der Waals surface area contributed by atoms with Gasteiger partial charge < -0.3 is 25.3 Å². The number of aliphatic imine (C=N–C) groups is 1. The normalized spacial score (nSPS) is 12.0. The molecule has 0 amide bonds. The summed E-state index contributed by atoms with van der Waals surface area (Å²) in [5.41, 5.74) is 6.78. The van der Waals surface area contributed by atoms with E-state index in [0.29, 0.717) is 38.2 Å². The quantitative estimate of drug-likeness (QED) is 0.232. The fourth-order valence-electron chi connectivity index (χ4n) is 2.18. The van der Waals surface area contributed by atoms with Crippen molar-refractivity contribution in [2.75, 3.05) is 26.9 Å². The second-order valence-corrected chi connectivity index (χ2v) is 5.72. The van der Waals surface area contributed by atoms with Crippen molar-refractivity contribution in [2.24, 2.45) is 10.7 Å². The summed E-state index contributed by atoms with van der Waals surface area (Å²) in [4.78, 5) is 8.55. The number of benzene rings is 1. The second-order valence-electron chi connectivity index (χ2n) is 5.72. The minimum Gasteiger partial charge on any atom is -0.490 e. The van der Waals surface area contributed by atoms with Crippen LogP contribution in [0.4, 0.5) is 0 Å². The third-order valence-corrected chi connectivity index (χ3v) is 3.39. The second kappa shape index (κ2) is 13.2. The van der Waals surface area contributed by atoms with Crippen LogP contribution in [0.2, 0.25) is 0 Å². The lowest BCUT2D eigenvalue weighted by Crippen LogP contribution is -2.40. The van der Waals surface area contributed by atoms with E-state index in [1.807, 2.05) is 49.4 Å². The zero-order valence-corrected chi connectivity index (χ0v) is 18.0. The summed E-state index contributed by atoms with van der Waals surface area (Å²) in [5, 5.41) is 3.05. The van der Waals surface area contributed by atoms with E-state index in [9.17, 15) is 0 Å². The highest BCUT2D eigenvalue weighted by Crippen LogP contribution is 2.10. The Morgan fingerprint density at radius 1 is 1.15 bits per heavy atom. The Hall–Kier alpha value is -2.07. The van der Waals surface area contributed by atoms with E-state index in [1.54, 1.807) is 13.3 Å². The lowest BCUT2D eigenvalue weighted by molar-refractivity contribution is 0.179. The molecule has 27 heavy (non-hydrogen) atoms. The molecule has 1 aromatic heterocycles. The summed E-state index contributed by atoms with van der Waals surface area (Å²) in [7, 11) is 1.65. The molecule has 0 bridgehead atoms. The summed E-state index contributed by atoms with van der Waals surface area (Å²) < 4.78 is 16.2. The van der Waals surface area contributed by atoms with Gasteiger partial charge in [-0.2, -0.15) is 0 Å². The van der Waals surface area contributed by atoms with Crippen molar-refractivity contribution in [1.82, 2.24) is 10.3 Å². The van der Waals surface area contributed by atoms with Crippen LogP contribution < -0.4 is 20.5 Å². The Morgan fingerprint density at radius 2 is 1.89 bits per heavy atom. The number of rotatable bonds is 10. The largest absolute Gasteiger partial charge is 0.490 e. The van der Waals surface area contributed by atoms with Gasteiger partial charge in [-0.1, -0.05) is 24.3 Å². The van der Waals surface area contributed by atoms with E-state index < -0.39 is 0 Å². The number of methoxy groups -OCH3 is 1. The van der Waals surface area contributed by atoms with Crippen molar-refractivity contribution in [3.8, 4) is 11.6 Å². The molecular weight excluding hydrogens is 459 g/mol. The van der Waals surface area contributed by atoms with Crippen LogP contribution in [-0.2, 0) is 11.3 Å². The monoisotopic (exact) mass is 486 g/mol. The lowest BCUT2D eigenvalue weighted by Gasteiger charge is -2.13. The Morgan fingerprint density at radius 3 is 2.56 bits per heavy atom. The molecule has 0 aliphatic rings. The number of guanidine groups is 1. The summed E-state index contributed by atoms with van der Waals surface area (Å²) in [6, 6.07) is 13.5. The van der Waals surface area contributed by atoms with E-state index in [1.165, 1.54) is 0 Å². The molecule has 1 aromatic carbocycles. The Kier molecular flexibility index (Phi) is 11.2. The van der Waals surface area contributed by atoms with Crippen molar-refractivity contribution in [3.63, 3.8) is 0 Å². The van der Waals surface area contributed by atoms with Crippen LogP contribution in [0.1, 0.15) is 12.5 Å². The number of nitrogens with two attached hydrogens (primary N) is 1. The average molecular weight is 486 g/mol. The topological polar surface area (TPSA) is 91.0 Å². The van der Waals surface area contributed by atoms with Gasteiger partial charge in [0.05, 0.1) is 13.2 Å². The van der Waals surface area contributed by atoms with Crippen LogP contribution in [0.25, 0.3) is 0 Å². The van der Waals surface area contributed by atoms with E-state index in [0.717, 1.165) is 11.3 Å². The maximum atomic E-state index is 5.84. The number of hydrogen-bond donors (Lipinski definition) is 2. The van der Waals surface area contributed by atoms with Crippen LogP contribution in [0.15, 0.2) is 53.7 Å². The number of nitrogens with zero attached hydrogens (tertiary/aromatic N) is 2. The first kappa shape index (κ1) is 23.0. The van der Waals surface area contributed by atoms with Crippen LogP contribution in [0, 0.1) is 0 Å². The molecule has 7 nitrogen and oxygen atoms in total. The van der Waals surface area contributed by atoms with Crippen LogP contribution >= 0.6 is 24.0 Å². The molecule has 0 saturated carbocycles. The van der Waals surface area contributed by atoms with Gasteiger partial charge in [-0.3, -0.25) is 0 Å². The molecule has 0 aliphatic heterocycles. The van der Waals surface area contributed by atoms with E-state index in [4.69, 9.17) is 19.9 Å². The first-order valence-corrected chi connectivity index (χ1v) is 8.48. The Balaban J connectivity index is 0.00000364. The van der Waals surface area contributed by atoms with Gasteiger partial charge in [0.25, 0.3) is 0 Å². The van der Waals surface area contributed by atoms with E-state index in [2.05, 4.69) is 15.3 Å². The minimum absolute atomic E-state index is 0. The molecule has 3 N–H and O–H groups in total. The molecule has 2 aromatic rings. The van der Waals surface area contributed by atoms with Gasteiger partial charge in [-0.15, -0.1) is 24.0 Å². The van der Waals surface area contributed by atoms with Gasteiger partial charge in [-0.05, 0) is 24.6 Å². The van der Waals surface area contributed by atoms with E-state index in [-0.39, 0.29) is 30.0 Å². The minimum atomic E-state index is 0. The van der Waals surface area contributed by atoms with Crippen molar-refractivity contribution in [2.45, 2.75) is 19.5 Å². The smallest absolute Gasteiger partial charge is 0.213 e. The summed E-state index contributed by atoms with van der Waals surface area (Å²) in [6.45, 7) is 3.87. The number of para-hydroxylation sites is 1. The summed E-state index contributed by atoms with van der Waals surface area (Å²) in [6.07, 6.45) is 1.72. The Labute approximate surface area is 177 Å². The predicted molar refractivity (Wildman–Crippen MR) is 117 cm³/mol. The van der Waals surface area contributed by atoms with E-state index >= 15 is 0 Å². The van der Waals surface area contributed by atoms with Crippen LogP contribution in [0.3, 0.4) is 0 Å². The standard InChI is InChI=1S/C19H26N4O3.HI/c1-15(14-24-2)23-19(20)22-13-16-8-9-18(21-12-16)26-11-10-25-17-6-4-3-5-7-17;/h3-9,12,15H,10-11,13-14H2,1-2H3,(H3,20,22,23);1H. The molecule has 2 rings (SSSR count). The highest BCUT2D eigenvalue weighted by Gasteiger charge is 2.02. The van der Waals surface area contributed by atoms with Crippen LogP contribution in [0.5, 0.6) is 11.6 Å². The van der Waals surface area contributed by atoms with Crippen molar-refractivity contribution < 1.29 is 14.2 Å². The molecule has 0 aliphatic carbocycles. The third kappa shape index (κ3) is 9.43. The van der Waals surface area contributed by atoms with Gasteiger partial charge in [0.15, 0.2) is 5.96 Å². The molecule has 0 spiro atoms.